The molecule has 40 heavy (non-hydrogen) atoms. The lowest BCUT2D eigenvalue weighted by atomic mass is 9.63. The third kappa shape index (κ3) is 4.30. The van der Waals surface area contributed by atoms with Crippen LogP contribution in [0.15, 0.2) is 54.6 Å². The highest BCUT2D eigenvalue weighted by Crippen LogP contribution is 2.49. The Kier molecular flexibility index (Phi) is 6.74. The molecule has 2 aromatic rings. The van der Waals surface area contributed by atoms with Crippen LogP contribution < -0.4 is 0 Å². The van der Waals surface area contributed by atoms with E-state index in [0.29, 0.717) is 37.0 Å². The van der Waals surface area contributed by atoms with Gasteiger partial charge in [-0.1, -0.05) is 54.6 Å². The number of fused-ring (bicyclic) bond motifs is 5. The molecular weight excluding hydrogens is 500 g/mol. The van der Waals surface area contributed by atoms with Gasteiger partial charge in [0.15, 0.2) is 0 Å². The maximum Gasteiger partial charge on any atom is 0.321 e. The van der Waals surface area contributed by atoms with E-state index in [-0.39, 0.29) is 30.1 Å². The quantitative estimate of drug-likeness (QED) is 0.485. The molecule has 0 radical (unpaired) electrons. The van der Waals surface area contributed by atoms with Crippen molar-refractivity contribution in [3.05, 3.63) is 71.3 Å². The van der Waals surface area contributed by atoms with Crippen molar-refractivity contribution in [2.45, 2.75) is 112 Å². The van der Waals surface area contributed by atoms with Crippen LogP contribution in [0.5, 0.6) is 0 Å². The Labute approximate surface area is 238 Å². The zero-order valence-electron chi connectivity index (χ0n) is 23.8. The number of hydrogen-bond donors (Lipinski definition) is 0. The van der Waals surface area contributed by atoms with Crippen LogP contribution in [-0.4, -0.2) is 72.2 Å². The van der Waals surface area contributed by atoms with Gasteiger partial charge in [0, 0.05) is 24.2 Å². The van der Waals surface area contributed by atoms with E-state index in [1.807, 2.05) is 54.6 Å². The van der Waals surface area contributed by atoms with Gasteiger partial charge in [0.2, 0.25) is 0 Å². The first-order valence-electron chi connectivity index (χ1n) is 15.4. The Morgan fingerprint density at radius 1 is 0.700 bits per heavy atom. The molecular formula is C34H42N2O4. The monoisotopic (exact) mass is 542 g/mol. The van der Waals surface area contributed by atoms with E-state index in [4.69, 9.17) is 9.47 Å². The molecule has 6 atom stereocenters. The average Bonchev–Trinajstić information content (AvgIpc) is 3.28. The summed E-state index contributed by atoms with van der Waals surface area (Å²) in [7, 11) is 4.41. The molecule has 6 heteroatoms. The normalized spacial score (nSPS) is 37.1. The number of carbonyl (C=O) groups excluding carboxylic acids is 2. The average molecular weight is 543 g/mol. The van der Waals surface area contributed by atoms with Gasteiger partial charge in [-0.2, -0.15) is 0 Å². The van der Waals surface area contributed by atoms with Crippen molar-refractivity contribution in [3.63, 3.8) is 0 Å². The van der Waals surface area contributed by atoms with Gasteiger partial charge in [-0.3, -0.25) is 9.59 Å². The van der Waals surface area contributed by atoms with Gasteiger partial charge in [-0.25, -0.2) is 0 Å². The van der Waals surface area contributed by atoms with Crippen LogP contribution in [-0.2, 0) is 24.5 Å². The minimum atomic E-state index is -0.927. The summed E-state index contributed by atoms with van der Waals surface area (Å²) in [5.41, 5.74) is 1.84. The minimum absolute atomic E-state index is 0.0149. The minimum Gasteiger partial charge on any atom is -0.462 e. The molecule has 5 aliphatic rings. The van der Waals surface area contributed by atoms with Crippen molar-refractivity contribution >= 4 is 11.9 Å². The van der Waals surface area contributed by atoms with Gasteiger partial charge in [0.1, 0.15) is 17.6 Å². The number of carbonyl (C=O) groups is 2. The van der Waals surface area contributed by atoms with Crippen LogP contribution >= 0.6 is 0 Å². The Hall–Kier alpha value is -2.70. The molecule has 6 nitrogen and oxygen atoms in total. The molecule has 0 saturated carbocycles. The number of piperidine rings is 2. The van der Waals surface area contributed by atoms with Crippen LogP contribution in [0.4, 0.5) is 0 Å². The van der Waals surface area contributed by atoms with Crippen molar-refractivity contribution in [3.8, 4) is 0 Å². The summed E-state index contributed by atoms with van der Waals surface area (Å²) in [6, 6.07) is 20.1. The molecule has 4 fully saturated rings. The highest BCUT2D eigenvalue weighted by atomic mass is 16.5. The number of ether oxygens (including phenoxy) is 2. The van der Waals surface area contributed by atoms with E-state index in [9.17, 15) is 9.59 Å². The lowest BCUT2D eigenvalue weighted by molar-refractivity contribution is -0.160. The van der Waals surface area contributed by atoms with Gasteiger partial charge in [0.25, 0.3) is 0 Å². The third-order valence-corrected chi connectivity index (χ3v) is 11.2. The lowest BCUT2D eigenvalue weighted by Gasteiger charge is -2.42. The first-order chi connectivity index (χ1) is 19.4. The molecule has 2 aromatic carbocycles. The Morgan fingerprint density at radius 3 is 1.82 bits per heavy atom. The molecule has 212 valence electrons. The standard InChI is InChI=1S/C34H42N2O4/c1-35-23-12-13-24(35)19-27(18-23)39-32(37)30-16-17-34(22-8-4-3-5-9-22,31-11-7-6-10-29(30)31)33(38)40-28-20-25-14-15-26(21-28)36(25)2/h3-11,23-28,30H,12-21H2,1-2H3. The number of benzene rings is 2. The molecule has 0 N–H and O–H groups in total. The Bertz CT molecular complexity index is 1240. The van der Waals surface area contributed by atoms with Crippen LogP contribution in [0.3, 0.4) is 0 Å². The summed E-state index contributed by atoms with van der Waals surface area (Å²) in [5.74, 6) is -0.667. The highest BCUT2D eigenvalue weighted by Gasteiger charge is 2.52. The summed E-state index contributed by atoms with van der Waals surface area (Å²) < 4.78 is 12.7. The molecule has 0 aromatic heterocycles. The number of esters is 2. The Balaban J connectivity index is 1.18. The van der Waals surface area contributed by atoms with Crippen LogP contribution in [0.1, 0.15) is 86.8 Å². The molecule has 6 unspecified atom stereocenters. The van der Waals surface area contributed by atoms with Gasteiger partial charge < -0.3 is 19.3 Å². The second-order valence-electron chi connectivity index (χ2n) is 13.1. The molecule has 0 spiro atoms. The smallest absolute Gasteiger partial charge is 0.321 e. The summed E-state index contributed by atoms with van der Waals surface area (Å²) in [6.45, 7) is 0. The van der Waals surface area contributed by atoms with Crippen LogP contribution in [0.25, 0.3) is 0 Å². The fourth-order valence-corrected chi connectivity index (χ4v) is 8.85. The molecule has 4 aliphatic heterocycles. The van der Waals surface area contributed by atoms with Crippen LogP contribution in [0, 0.1) is 0 Å². The second-order valence-corrected chi connectivity index (χ2v) is 13.1. The molecule has 4 bridgehead atoms. The van der Waals surface area contributed by atoms with Gasteiger partial charge in [0.05, 0.1) is 5.92 Å². The molecule has 0 amide bonds. The van der Waals surface area contributed by atoms with Gasteiger partial charge >= 0.3 is 11.9 Å². The SMILES string of the molecule is CN1C2CCC1CC(OC(=O)C1CCC(C(=O)OC3CC4CCC(C3)N4C)(c3ccccc3)c3ccccc31)C2. The third-order valence-electron chi connectivity index (χ3n) is 11.2. The van der Waals surface area contributed by atoms with Crippen molar-refractivity contribution < 1.29 is 19.1 Å². The summed E-state index contributed by atoms with van der Waals surface area (Å²) in [6.07, 6.45) is 9.44. The highest BCUT2D eigenvalue weighted by molar-refractivity contribution is 5.91. The fourth-order valence-electron chi connectivity index (χ4n) is 8.85. The summed E-state index contributed by atoms with van der Waals surface area (Å²) >= 11 is 0. The van der Waals surface area contributed by atoms with E-state index < -0.39 is 5.41 Å². The molecule has 4 heterocycles. The zero-order chi connectivity index (χ0) is 27.4. The maximum atomic E-state index is 14.4. The van der Waals surface area contributed by atoms with Crippen molar-refractivity contribution in [1.82, 2.24) is 9.80 Å². The largest absolute Gasteiger partial charge is 0.462 e. The topological polar surface area (TPSA) is 59.1 Å². The summed E-state index contributed by atoms with van der Waals surface area (Å²) in [5, 5.41) is 0. The number of nitrogens with zero attached hydrogens (tertiary/aromatic N) is 2. The molecule has 1 aliphatic carbocycles. The number of rotatable bonds is 5. The second kappa shape index (κ2) is 10.3. The summed E-state index contributed by atoms with van der Waals surface area (Å²) in [4.78, 5) is 33.1. The Morgan fingerprint density at radius 2 is 1.23 bits per heavy atom. The van der Waals surface area contributed by atoms with E-state index in [2.05, 4.69) is 23.9 Å². The lowest BCUT2D eigenvalue weighted by Crippen LogP contribution is -2.48. The first-order valence-corrected chi connectivity index (χ1v) is 15.4. The van der Waals surface area contributed by atoms with Crippen molar-refractivity contribution in [2.24, 2.45) is 0 Å². The number of hydrogen-bond acceptors (Lipinski definition) is 6. The predicted molar refractivity (Wildman–Crippen MR) is 153 cm³/mol. The van der Waals surface area contributed by atoms with E-state index in [1.165, 1.54) is 25.7 Å². The fraction of sp³-hybridized carbons (Fsp3) is 0.588. The van der Waals surface area contributed by atoms with Gasteiger partial charge in [-0.05, 0) is 95.0 Å². The van der Waals surface area contributed by atoms with Crippen molar-refractivity contribution in [2.75, 3.05) is 14.1 Å². The van der Waals surface area contributed by atoms with Crippen LogP contribution in [0.2, 0.25) is 0 Å². The predicted octanol–water partition coefficient (Wildman–Crippen LogP) is 5.19. The molecule has 4 saturated heterocycles. The maximum absolute atomic E-state index is 14.4. The zero-order valence-corrected chi connectivity index (χ0v) is 23.8. The van der Waals surface area contributed by atoms with Crippen molar-refractivity contribution in [1.29, 1.82) is 0 Å². The molecule has 7 rings (SSSR count). The first kappa shape index (κ1) is 26.2. The van der Waals surface area contributed by atoms with Gasteiger partial charge in [-0.15, -0.1) is 0 Å². The van der Waals surface area contributed by atoms with E-state index >= 15 is 0 Å². The van der Waals surface area contributed by atoms with E-state index in [0.717, 1.165) is 42.4 Å². The van der Waals surface area contributed by atoms with E-state index in [1.54, 1.807) is 0 Å².